The Bertz CT molecular complexity index is 465. The average molecular weight is 283 g/mol. The van der Waals surface area contributed by atoms with E-state index in [2.05, 4.69) is 12.2 Å². The molecular formula is C13H21N3O2S. The first-order valence-corrected chi connectivity index (χ1v) is 7.37. The van der Waals surface area contributed by atoms with Crippen LogP contribution in [0, 0.1) is 5.92 Å². The van der Waals surface area contributed by atoms with Gasteiger partial charge < -0.3 is 21.5 Å². The molecule has 1 heterocycles. The van der Waals surface area contributed by atoms with Gasteiger partial charge in [-0.15, -0.1) is 11.3 Å². The van der Waals surface area contributed by atoms with Gasteiger partial charge in [-0.1, -0.05) is 6.92 Å². The molecule has 1 aromatic heterocycles. The predicted molar refractivity (Wildman–Crippen MR) is 78.8 cm³/mol. The van der Waals surface area contributed by atoms with Crippen molar-refractivity contribution in [2.75, 3.05) is 18.2 Å². The maximum Gasteiger partial charge on any atom is 0.261 e. The number of carbonyl (C=O) groups is 1. The summed E-state index contributed by atoms with van der Waals surface area (Å²) in [6, 6.07) is 0.420. The van der Waals surface area contributed by atoms with E-state index in [1.54, 1.807) is 7.11 Å². The van der Waals surface area contributed by atoms with Crippen LogP contribution in [0.2, 0.25) is 0 Å². The van der Waals surface area contributed by atoms with Crippen molar-refractivity contribution in [3.05, 3.63) is 4.88 Å². The molecule has 2 rings (SSSR count). The molecule has 0 aromatic carbocycles. The van der Waals surface area contributed by atoms with Crippen molar-refractivity contribution in [3.8, 4) is 5.75 Å². The summed E-state index contributed by atoms with van der Waals surface area (Å²) < 4.78 is 5.28. The Hall–Kier alpha value is -1.43. The van der Waals surface area contributed by atoms with Gasteiger partial charge in [-0.25, -0.2) is 0 Å². The lowest BCUT2D eigenvalue weighted by Gasteiger charge is -2.27. The van der Waals surface area contributed by atoms with Gasteiger partial charge >= 0.3 is 0 Å². The van der Waals surface area contributed by atoms with Crippen LogP contribution in [0.3, 0.4) is 0 Å². The molecule has 1 fully saturated rings. The molecule has 1 aromatic rings. The molecule has 5 nitrogen and oxygen atoms in total. The second-order valence-electron chi connectivity index (χ2n) is 5.17. The van der Waals surface area contributed by atoms with Crippen molar-refractivity contribution in [2.45, 2.75) is 38.6 Å². The minimum absolute atomic E-state index is 0.340. The fraction of sp³-hybridized carbons (Fsp3) is 0.615. The zero-order valence-corrected chi connectivity index (χ0v) is 12.2. The summed E-state index contributed by atoms with van der Waals surface area (Å²) in [6.45, 7) is 2.28. The summed E-state index contributed by atoms with van der Waals surface area (Å²) in [6.07, 6.45) is 4.72. The SMILES string of the molecule is COc1c(NC2CCC(C)CC2)sc(C(N)=O)c1N. The standard InChI is InChI=1S/C13H21N3O2S/c1-7-3-5-8(6-4-7)16-13-10(18-2)9(14)11(19-13)12(15)17/h7-8,16H,3-6,14H2,1-2H3,(H2,15,17). The van der Waals surface area contributed by atoms with Crippen LogP contribution in [0.4, 0.5) is 10.7 Å². The smallest absolute Gasteiger partial charge is 0.261 e. The van der Waals surface area contributed by atoms with Gasteiger partial charge in [0.15, 0.2) is 5.75 Å². The molecule has 0 atom stereocenters. The zero-order chi connectivity index (χ0) is 14.0. The fourth-order valence-electron chi connectivity index (χ4n) is 2.50. The van der Waals surface area contributed by atoms with Gasteiger partial charge in [0, 0.05) is 6.04 Å². The molecule has 0 saturated heterocycles. The van der Waals surface area contributed by atoms with Gasteiger partial charge in [-0.05, 0) is 31.6 Å². The molecule has 0 unspecified atom stereocenters. The second-order valence-corrected chi connectivity index (χ2v) is 6.19. The third kappa shape index (κ3) is 2.94. The zero-order valence-electron chi connectivity index (χ0n) is 11.4. The van der Waals surface area contributed by atoms with Crippen molar-refractivity contribution in [1.82, 2.24) is 0 Å². The molecular weight excluding hydrogens is 262 g/mol. The highest BCUT2D eigenvalue weighted by molar-refractivity contribution is 7.19. The lowest BCUT2D eigenvalue weighted by molar-refractivity contribution is 0.100. The predicted octanol–water partition coefficient (Wildman–Crippen LogP) is 2.43. The van der Waals surface area contributed by atoms with Gasteiger partial charge in [0.05, 0.1) is 7.11 Å². The molecule has 1 aliphatic rings. The molecule has 0 bridgehead atoms. The van der Waals surface area contributed by atoms with Crippen LogP contribution in [0.5, 0.6) is 5.75 Å². The average Bonchev–Trinajstić information content (AvgIpc) is 2.68. The number of anilines is 2. The van der Waals surface area contributed by atoms with Gasteiger partial charge in [0.1, 0.15) is 15.6 Å². The minimum atomic E-state index is -0.508. The van der Waals surface area contributed by atoms with Crippen molar-refractivity contribution in [1.29, 1.82) is 0 Å². The first kappa shape index (κ1) is 14.0. The Morgan fingerprint density at radius 3 is 2.53 bits per heavy atom. The van der Waals surface area contributed by atoms with E-state index in [0.717, 1.165) is 23.8 Å². The van der Waals surface area contributed by atoms with Crippen molar-refractivity contribution < 1.29 is 9.53 Å². The number of thiophene rings is 1. The third-order valence-corrected chi connectivity index (χ3v) is 4.81. The number of ether oxygens (including phenoxy) is 1. The summed E-state index contributed by atoms with van der Waals surface area (Å²) >= 11 is 1.28. The largest absolute Gasteiger partial charge is 0.492 e. The van der Waals surface area contributed by atoms with E-state index >= 15 is 0 Å². The van der Waals surface area contributed by atoms with E-state index in [1.165, 1.54) is 24.2 Å². The van der Waals surface area contributed by atoms with E-state index in [0.29, 0.717) is 22.4 Å². The topological polar surface area (TPSA) is 90.4 Å². The summed E-state index contributed by atoms with van der Waals surface area (Å²) in [5, 5.41) is 4.26. The number of carbonyl (C=O) groups excluding carboxylic acids is 1. The summed E-state index contributed by atoms with van der Waals surface area (Å²) in [4.78, 5) is 11.7. The van der Waals surface area contributed by atoms with Crippen LogP contribution < -0.4 is 21.5 Å². The van der Waals surface area contributed by atoms with Crippen LogP contribution in [0.15, 0.2) is 0 Å². The van der Waals surface area contributed by atoms with Gasteiger partial charge in [-0.3, -0.25) is 4.79 Å². The summed E-state index contributed by atoms with van der Waals surface area (Å²) in [7, 11) is 1.55. The number of nitrogens with one attached hydrogen (secondary N) is 1. The Balaban J connectivity index is 2.15. The maximum atomic E-state index is 11.3. The number of amides is 1. The van der Waals surface area contributed by atoms with Crippen LogP contribution in [0.1, 0.15) is 42.3 Å². The van der Waals surface area contributed by atoms with Crippen LogP contribution in [0.25, 0.3) is 0 Å². The number of hydrogen-bond acceptors (Lipinski definition) is 5. The number of rotatable bonds is 4. The molecule has 1 saturated carbocycles. The highest BCUT2D eigenvalue weighted by atomic mass is 32.1. The van der Waals surface area contributed by atoms with Crippen molar-refractivity contribution >= 4 is 27.9 Å². The lowest BCUT2D eigenvalue weighted by Crippen LogP contribution is -2.24. The summed E-state index contributed by atoms with van der Waals surface area (Å²) in [5.41, 5.74) is 11.5. The number of nitrogen functional groups attached to an aromatic ring is 1. The normalized spacial score (nSPS) is 23.1. The van der Waals surface area contributed by atoms with E-state index in [1.807, 2.05) is 0 Å². The lowest BCUT2D eigenvalue weighted by atomic mass is 9.87. The van der Waals surface area contributed by atoms with Crippen LogP contribution >= 0.6 is 11.3 Å². The molecule has 0 aliphatic heterocycles. The number of methoxy groups -OCH3 is 1. The molecule has 1 amide bonds. The Labute approximate surface area is 117 Å². The Morgan fingerprint density at radius 2 is 2.00 bits per heavy atom. The maximum absolute atomic E-state index is 11.3. The first-order chi connectivity index (χ1) is 9.02. The van der Waals surface area contributed by atoms with E-state index < -0.39 is 5.91 Å². The van der Waals surface area contributed by atoms with Crippen molar-refractivity contribution in [2.24, 2.45) is 11.7 Å². The van der Waals surface area contributed by atoms with Gasteiger partial charge in [0.25, 0.3) is 5.91 Å². The number of nitrogens with two attached hydrogens (primary N) is 2. The monoisotopic (exact) mass is 283 g/mol. The third-order valence-electron chi connectivity index (χ3n) is 3.68. The molecule has 106 valence electrons. The van der Waals surface area contributed by atoms with Crippen molar-refractivity contribution in [3.63, 3.8) is 0 Å². The van der Waals surface area contributed by atoms with Gasteiger partial charge in [0.2, 0.25) is 0 Å². The van der Waals surface area contributed by atoms with Crippen LogP contribution in [-0.4, -0.2) is 19.1 Å². The number of hydrogen-bond donors (Lipinski definition) is 3. The molecule has 0 radical (unpaired) electrons. The Kier molecular flexibility index (Phi) is 4.19. The van der Waals surface area contributed by atoms with E-state index in [9.17, 15) is 4.79 Å². The molecule has 5 N–H and O–H groups in total. The minimum Gasteiger partial charge on any atom is -0.492 e. The Morgan fingerprint density at radius 1 is 1.37 bits per heavy atom. The van der Waals surface area contributed by atoms with Gasteiger partial charge in [-0.2, -0.15) is 0 Å². The highest BCUT2D eigenvalue weighted by Gasteiger charge is 2.24. The van der Waals surface area contributed by atoms with E-state index in [4.69, 9.17) is 16.2 Å². The quantitative estimate of drug-likeness (QED) is 0.791. The summed E-state index contributed by atoms with van der Waals surface area (Å²) in [5.74, 6) is 0.832. The molecule has 6 heteroatoms. The molecule has 0 spiro atoms. The highest BCUT2D eigenvalue weighted by Crippen LogP contribution is 2.43. The number of primary amides is 1. The molecule has 19 heavy (non-hydrogen) atoms. The van der Waals surface area contributed by atoms with E-state index in [-0.39, 0.29) is 0 Å². The van der Waals surface area contributed by atoms with Crippen LogP contribution in [-0.2, 0) is 0 Å². The second kappa shape index (κ2) is 5.69. The fourth-order valence-corrected chi connectivity index (χ4v) is 3.52. The molecule has 1 aliphatic carbocycles. The first-order valence-electron chi connectivity index (χ1n) is 6.55.